The van der Waals surface area contributed by atoms with Gasteiger partial charge < -0.3 is 33.2 Å². The first-order valence-corrected chi connectivity index (χ1v) is 14.9. The maximum absolute atomic E-state index is 13.7. The van der Waals surface area contributed by atoms with Crippen LogP contribution in [-0.4, -0.2) is 57.7 Å². The lowest BCUT2D eigenvalue weighted by atomic mass is 9.94. The standard InChI is InChI=1S/C35H44O8/c1-5-11-29(20-23-39-24-26-14-17-28(38-4)18-15-26)41-34(36)33-27(12-10-13-32(33)40-25-37-3)16-19-31-30(6-2)42-35(43-31)21-8-7-9-22-35/h5-6,10,12-19,29-31H,1-2,7-9,11,20-25H2,3-4H3/b19-16+/t29-,30+,31+/m1/s1. The van der Waals surface area contributed by atoms with E-state index in [0.717, 1.165) is 37.0 Å². The molecule has 1 saturated heterocycles. The normalized spacial score (nSPS) is 20.1. The summed E-state index contributed by atoms with van der Waals surface area (Å²) in [5, 5.41) is 0. The fraction of sp³-hybridized carbons (Fsp3) is 0.457. The maximum Gasteiger partial charge on any atom is 0.342 e. The Balaban J connectivity index is 1.45. The van der Waals surface area contributed by atoms with Gasteiger partial charge in [0.05, 0.1) is 20.3 Å². The molecule has 43 heavy (non-hydrogen) atoms. The van der Waals surface area contributed by atoms with E-state index in [0.29, 0.717) is 42.9 Å². The van der Waals surface area contributed by atoms with Crippen LogP contribution >= 0.6 is 0 Å². The Labute approximate surface area is 255 Å². The molecule has 0 radical (unpaired) electrons. The number of benzene rings is 2. The van der Waals surface area contributed by atoms with Gasteiger partial charge in [0, 0.05) is 32.8 Å². The van der Waals surface area contributed by atoms with Gasteiger partial charge in [-0.25, -0.2) is 4.79 Å². The van der Waals surface area contributed by atoms with Gasteiger partial charge in [-0.05, 0) is 42.2 Å². The minimum Gasteiger partial charge on any atom is -0.497 e. The first kappa shape index (κ1) is 32.5. The number of carbonyl (C=O) groups excluding carboxylic acids is 1. The lowest BCUT2D eigenvalue weighted by Gasteiger charge is -2.31. The zero-order valence-corrected chi connectivity index (χ0v) is 25.3. The van der Waals surface area contributed by atoms with Gasteiger partial charge in [0.25, 0.3) is 0 Å². The lowest BCUT2D eigenvalue weighted by Crippen LogP contribution is -2.33. The minimum absolute atomic E-state index is 0.0105. The number of rotatable bonds is 16. The first-order valence-electron chi connectivity index (χ1n) is 14.9. The fourth-order valence-electron chi connectivity index (χ4n) is 5.41. The number of hydrogen-bond donors (Lipinski definition) is 0. The SMILES string of the molecule is C=CC[C@H](CCOCc1ccc(OC)cc1)OC(=O)c1c(/C=C/[C@@H]2OC3(CCCCC3)O[C@H]2C=C)cccc1OCOC. The molecular weight excluding hydrogens is 548 g/mol. The Morgan fingerprint density at radius 3 is 2.51 bits per heavy atom. The first-order chi connectivity index (χ1) is 21.0. The molecule has 2 aromatic rings. The third kappa shape index (κ3) is 9.03. The highest BCUT2D eigenvalue weighted by Crippen LogP contribution is 2.41. The van der Waals surface area contributed by atoms with Crippen LogP contribution in [0.4, 0.5) is 0 Å². The molecular formula is C35H44O8. The summed E-state index contributed by atoms with van der Waals surface area (Å²) >= 11 is 0. The van der Waals surface area contributed by atoms with Crippen LogP contribution in [0.1, 0.15) is 66.4 Å². The lowest BCUT2D eigenvalue weighted by molar-refractivity contribution is -0.187. The molecule has 0 unspecified atom stereocenters. The zero-order valence-electron chi connectivity index (χ0n) is 25.3. The molecule has 8 heteroatoms. The third-order valence-electron chi connectivity index (χ3n) is 7.65. The van der Waals surface area contributed by atoms with Crippen molar-refractivity contribution in [3.8, 4) is 11.5 Å². The summed E-state index contributed by atoms with van der Waals surface area (Å²) in [5.74, 6) is 0.101. The van der Waals surface area contributed by atoms with Crippen molar-refractivity contribution in [2.24, 2.45) is 0 Å². The van der Waals surface area contributed by atoms with Gasteiger partial charge in [0.1, 0.15) is 35.4 Å². The van der Waals surface area contributed by atoms with Gasteiger partial charge in [-0.15, -0.1) is 13.2 Å². The molecule has 232 valence electrons. The average Bonchev–Trinajstić information content (AvgIpc) is 3.37. The summed E-state index contributed by atoms with van der Waals surface area (Å²) in [6, 6.07) is 13.1. The topological polar surface area (TPSA) is 81.7 Å². The monoisotopic (exact) mass is 592 g/mol. The van der Waals surface area contributed by atoms with E-state index in [1.165, 1.54) is 13.5 Å². The quantitative estimate of drug-likeness (QED) is 0.0890. The molecule has 2 aliphatic rings. The number of esters is 1. The summed E-state index contributed by atoms with van der Waals surface area (Å²) in [4.78, 5) is 13.7. The second-order valence-electron chi connectivity index (χ2n) is 10.7. The van der Waals surface area contributed by atoms with Crippen LogP contribution < -0.4 is 9.47 Å². The van der Waals surface area contributed by atoms with E-state index in [9.17, 15) is 4.79 Å². The van der Waals surface area contributed by atoms with Crippen LogP contribution in [-0.2, 0) is 30.3 Å². The van der Waals surface area contributed by atoms with Gasteiger partial charge in [-0.2, -0.15) is 0 Å². The average molecular weight is 593 g/mol. The van der Waals surface area contributed by atoms with Crippen molar-refractivity contribution in [2.45, 2.75) is 75.7 Å². The summed E-state index contributed by atoms with van der Waals surface area (Å²) in [5.41, 5.74) is 1.98. The number of carbonyl (C=O) groups is 1. The van der Waals surface area contributed by atoms with Crippen LogP contribution in [0.15, 0.2) is 73.9 Å². The van der Waals surface area contributed by atoms with E-state index in [1.54, 1.807) is 25.3 Å². The summed E-state index contributed by atoms with van der Waals surface area (Å²) in [6.45, 7) is 8.64. The molecule has 1 spiro atoms. The Kier molecular flexibility index (Phi) is 12.4. The van der Waals surface area contributed by atoms with Crippen LogP contribution in [0.3, 0.4) is 0 Å². The van der Waals surface area contributed by atoms with Crippen molar-refractivity contribution in [3.63, 3.8) is 0 Å². The van der Waals surface area contributed by atoms with Crippen LogP contribution in [0.5, 0.6) is 11.5 Å². The van der Waals surface area contributed by atoms with Crippen molar-refractivity contribution >= 4 is 12.0 Å². The summed E-state index contributed by atoms with van der Waals surface area (Å²) in [7, 11) is 3.17. The van der Waals surface area contributed by atoms with Gasteiger partial charge in [-0.1, -0.05) is 55.0 Å². The highest BCUT2D eigenvalue weighted by atomic mass is 16.8. The third-order valence-corrected chi connectivity index (χ3v) is 7.65. The van der Waals surface area contributed by atoms with E-state index in [1.807, 2.05) is 48.6 Å². The molecule has 3 atom stereocenters. The molecule has 2 aromatic carbocycles. The van der Waals surface area contributed by atoms with Crippen molar-refractivity contribution in [3.05, 3.63) is 90.5 Å². The molecule has 1 aliphatic carbocycles. The van der Waals surface area contributed by atoms with Gasteiger partial charge >= 0.3 is 5.97 Å². The number of methoxy groups -OCH3 is 2. The predicted octanol–water partition coefficient (Wildman–Crippen LogP) is 7.03. The summed E-state index contributed by atoms with van der Waals surface area (Å²) in [6.07, 6.45) is 12.4. The second kappa shape index (κ2) is 16.4. The molecule has 1 saturated carbocycles. The second-order valence-corrected chi connectivity index (χ2v) is 10.7. The van der Waals surface area contributed by atoms with Crippen LogP contribution in [0.2, 0.25) is 0 Å². The molecule has 8 nitrogen and oxygen atoms in total. The van der Waals surface area contributed by atoms with Crippen LogP contribution in [0.25, 0.3) is 6.08 Å². The van der Waals surface area contributed by atoms with E-state index in [4.69, 9.17) is 33.2 Å². The van der Waals surface area contributed by atoms with Crippen molar-refractivity contribution < 1.29 is 38.0 Å². The molecule has 0 bridgehead atoms. The molecule has 0 amide bonds. The molecule has 2 fully saturated rings. The van der Waals surface area contributed by atoms with E-state index in [2.05, 4.69) is 13.2 Å². The van der Waals surface area contributed by atoms with E-state index in [-0.39, 0.29) is 19.0 Å². The Hall–Kier alpha value is -3.43. The van der Waals surface area contributed by atoms with E-state index >= 15 is 0 Å². The van der Waals surface area contributed by atoms with Crippen LogP contribution in [0, 0.1) is 0 Å². The molecule has 0 aromatic heterocycles. The van der Waals surface area contributed by atoms with Crippen molar-refractivity contribution in [2.75, 3.05) is 27.6 Å². The highest BCUT2D eigenvalue weighted by Gasteiger charge is 2.46. The molecule has 1 aliphatic heterocycles. The predicted molar refractivity (Wildman–Crippen MR) is 165 cm³/mol. The van der Waals surface area contributed by atoms with Gasteiger partial charge in [-0.3, -0.25) is 0 Å². The number of hydrogen-bond acceptors (Lipinski definition) is 8. The van der Waals surface area contributed by atoms with Gasteiger partial charge in [0.2, 0.25) is 0 Å². The summed E-state index contributed by atoms with van der Waals surface area (Å²) < 4.78 is 40.7. The largest absolute Gasteiger partial charge is 0.497 e. The molecule has 4 rings (SSSR count). The highest BCUT2D eigenvalue weighted by molar-refractivity contribution is 5.96. The smallest absolute Gasteiger partial charge is 0.342 e. The van der Waals surface area contributed by atoms with E-state index < -0.39 is 17.9 Å². The molecule has 1 heterocycles. The van der Waals surface area contributed by atoms with Crippen molar-refractivity contribution in [1.29, 1.82) is 0 Å². The Morgan fingerprint density at radius 2 is 1.81 bits per heavy atom. The fourth-order valence-corrected chi connectivity index (χ4v) is 5.41. The van der Waals surface area contributed by atoms with Gasteiger partial charge in [0.15, 0.2) is 12.6 Å². The Bertz CT molecular complexity index is 1210. The maximum atomic E-state index is 13.7. The molecule has 0 N–H and O–H groups in total. The zero-order chi connectivity index (χ0) is 30.5. The Morgan fingerprint density at radius 1 is 1.05 bits per heavy atom. The van der Waals surface area contributed by atoms with Crippen molar-refractivity contribution in [1.82, 2.24) is 0 Å². The number of ether oxygens (including phenoxy) is 7. The minimum atomic E-state index is -0.565.